The van der Waals surface area contributed by atoms with Crippen molar-refractivity contribution in [1.29, 1.82) is 5.26 Å². The van der Waals surface area contributed by atoms with E-state index in [-0.39, 0.29) is 22.6 Å². The van der Waals surface area contributed by atoms with Crippen molar-refractivity contribution in [3.8, 4) is 17.2 Å². The van der Waals surface area contributed by atoms with Crippen LogP contribution in [0.5, 0.6) is 0 Å². The van der Waals surface area contributed by atoms with Crippen molar-refractivity contribution in [3.05, 3.63) is 107 Å². The zero-order chi connectivity index (χ0) is 26.7. The Morgan fingerprint density at radius 2 is 1.16 bits per heavy atom. The SMILES string of the molecule is Cc1ccc(N(c2ccc(-c3ccc(F)c(C#N)c3)cc2N(c2ccc(C)cc2)S(=O)[O-])S(=O)[O-])cc1. The molecular weight excluding hydrogens is 513 g/mol. The summed E-state index contributed by atoms with van der Waals surface area (Å²) < 4.78 is 66.0. The van der Waals surface area contributed by atoms with E-state index in [0.717, 1.165) is 25.8 Å². The van der Waals surface area contributed by atoms with Crippen LogP contribution in [0.4, 0.5) is 27.1 Å². The Morgan fingerprint density at radius 3 is 1.65 bits per heavy atom. The molecule has 0 aliphatic heterocycles. The third-order valence-corrected chi connectivity index (χ3v) is 7.08. The Morgan fingerprint density at radius 1 is 0.703 bits per heavy atom. The molecule has 0 radical (unpaired) electrons. The maximum atomic E-state index is 13.9. The summed E-state index contributed by atoms with van der Waals surface area (Å²) in [7, 11) is 0. The van der Waals surface area contributed by atoms with Crippen LogP contribution in [-0.2, 0) is 22.5 Å². The minimum Gasteiger partial charge on any atom is -0.755 e. The molecule has 7 nitrogen and oxygen atoms in total. The fraction of sp³-hybridized carbons (Fsp3) is 0.0741. The molecule has 0 N–H and O–H groups in total. The number of anilines is 4. The van der Waals surface area contributed by atoms with Crippen LogP contribution < -0.4 is 8.61 Å². The second-order valence-corrected chi connectivity index (χ2v) is 9.80. The molecule has 0 saturated heterocycles. The Balaban J connectivity index is 1.99. The summed E-state index contributed by atoms with van der Waals surface area (Å²) in [6.45, 7) is 3.72. The Labute approximate surface area is 219 Å². The normalized spacial score (nSPS) is 12.4. The standard InChI is InChI=1S/C27H22FN3O4S2/c1-18-3-9-23(10-4-18)30(36(32)33)26-14-8-21(20-7-13-25(28)22(15-20)17-29)16-27(26)31(37(34)35)24-11-5-19(2)6-12-24/h3-16H,1-2H3,(H,32,33)(H,34,35)/p-2. The molecule has 10 heteroatoms. The molecule has 0 saturated carbocycles. The predicted octanol–water partition coefficient (Wildman–Crippen LogP) is 5.85. The highest BCUT2D eigenvalue weighted by atomic mass is 32.2. The molecule has 0 aliphatic carbocycles. The van der Waals surface area contributed by atoms with Gasteiger partial charge in [-0.15, -0.1) is 0 Å². The molecule has 188 valence electrons. The fourth-order valence-electron chi connectivity index (χ4n) is 3.80. The summed E-state index contributed by atoms with van der Waals surface area (Å²) in [4.78, 5) is 0. The summed E-state index contributed by atoms with van der Waals surface area (Å²) >= 11 is -5.65. The van der Waals surface area contributed by atoms with Gasteiger partial charge in [0.15, 0.2) is 0 Å². The first kappa shape index (κ1) is 26.2. The fourth-order valence-corrected chi connectivity index (χ4v) is 5.01. The summed E-state index contributed by atoms with van der Waals surface area (Å²) in [6, 6.07) is 23.7. The lowest BCUT2D eigenvalue weighted by molar-refractivity contribution is 0.534. The minimum absolute atomic E-state index is 0.0438. The van der Waals surface area contributed by atoms with Crippen molar-refractivity contribution in [2.45, 2.75) is 13.8 Å². The highest BCUT2D eigenvalue weighted by molar-refractivity contribution is 7.81. The van der Waals surface area contributed by atoms with Crippen LogP contribution in [0.1, 0.15) is 16.7 Å². The molecule has 4 aromatic carbocycles. The molecule has 0 aromatic heterocycles. The lowest BCUT2D eigenvalue weighted by Gasteiger charge is -2.34. The zero-order valence-electron chi connectivity index (χ0n) is 19.8. The van der Waals surface area contributed by atoms with E-state index in [2.05, 4.69) is 0 Å². The van der Waals surface area contributed by atoms with E-state index in [1.165, 1.54) is 24.3 Å². The van der Waals surface area contributed by atoms with Gasteiger partial charge in [0.1, 0.15) is 11.9 Å². The highest BCUT2D eigenvalue weighted by Gasteiger charge is 2.22. The molecule has 0 fully saturated rings. The average molecular weight is 534 g/mol. The van der Waals surface area contributed by atoms with Crippen molar-refractivity contribution >= 4 is 45.3 Å². The maximum absolute atomic E-state index is 13.9. The van der Waals surface area contributed by atoms with Crippen LogP contribution in [0.25, 0.3) is 11.1 Å². The summed E-state index contributed by atoms with van der Waals surface area (Å²) in [5.74, 6) is -0.683. The van der Waals surface area contributed by atoms with E-state index in [1.807, 2.05) is 13.8 Å². The van der Waals surface area contributed by atoms with Gasteiger partial charge in [-0.25, -0.2) is 4.39 Å². The van der Waals surface area contributed by atoms with Gasteiger partial charge in [-0.2, -0.15) is 5.26 Å². The molecular formula is C27H20FN3O4S2-2. The number of hydrogen-bond acceptors (Lipinski definition) is 5. The largest absolute Gasteiger partial charge is 0.755 e. The van der Waals surface area contributed by atoms with Crippen molar-refractivity contribution in [2.24, 2.45) is 0 Å². The number of halogens is 1. The van der Waals surface area contributed by atoms with Crippen LogP contribution in [0, 0.1) is 31.0 Å². The van der Waals surface area contributed by atoms with Crippen molar-refractivity contribution in [3.63, 3.8) is 0 Å². The van der Waals surface area contributed by atoms with Gasteiger partial charge in [0.25, 0.3) is 0 Å². The first-order chi connectivity index (χ1) is 17.7. The second-order valence-electron chi connectivity index (χ2n) is 8.20. The van der Waals surface area contributed by atoms with Gasteiger partial charge in [-0.1, -0.05) is 47.5 Å². The number of aryl methyl sites for hydroxylation is 2. The van der Waals surface area contributed by atoms with Gasteiger partial charge in [-0.3, -0.25) is 17.0 Å². The van der Waals surface area contributed by atoms with Crippen molar-refractivity contribution in [2.75, 3.05) is 8.61 Å². The maximum Gasteiger partial charge on any atom is 0.140 e. The van der Waals surface area contributed by atoms with Crippen LogP contribution >= 0.6 is 0 Å². The molecule has 0 amide bonds. The molecule has 0 heterocycles. The van der Waals surface area contributed by atoms with E-state index in [0.29, 0.717) is 16.8 Å². The third kappa shape index (κ3) is 5.60. The minimum atomic E-state index is -2.84. The topological polar surface area (TPSA) is 111 Å². The quantitative estimate of drug-likeness (QED) is 0.277. The van der Waals surface area contributed by atoms with Gasteiger partial charge in [0.2, 0.25) is 0 Å². The molecule has 4 aromatic rings. The van der Waals surface area contributed by atoms with Crippen LogP contribution in [0.15, 0.2) is 84.9 Å². The highest BCUT2D eigenvalue weighted by Crippen LogP contribution is 2.42. The molecule has 0 bridgehead atoms. The second kappa shape index (κ2) is 11.0. The molecule has 2 atom stereocenters. The summed E-state index contributed by atoms with van der Waals surface area (Å²) in [5, 5.41) is 9.24. The van der Waals surface area contributed by atoms with Crippen molar-refractivity contribution in [1.82, 2.24) is 0 Å². The lowest BCUT2D eigenvalue weighted by atomic mass is 10.0. The molecule has 0 aliphatic rings. The number of nitriles is 1. The van der Waals surface area contributed by atoms with Crippen LogP contribution in [-0.4, -0.2) is 17.5 Å². The van der Waals surface area contributed by atoms with Gasteiger partial charge in [0, 0.05) is 0 Å². The van der Waals surface area contributed by atoms with Gasteiger partial charge in [0.05, 0.1) is 50.8 Å². The van der Waals surface area contributed by atoms with Gasteiger partial charge < -0.3 is 9.11 Å². The summed E-state index contributed by atoms with van der Waals surface area (Å²) in [5.41, 5.74) is 3.28. The third-order valence-electron chi connectivity index (χ3n) is 5.67. The summed E-state index contributed by atoms with van der Waals surface area (Å²) in [6.07, 6.45) is 0. The van der Waals surface area contributed by atoms with E-state index in [4.69, 9.17) is 0 Å². The van der Waals surface area contributed by atoms with Crippen molar-refractivity contribution < 1.29 is 21.9 Å². The van der Waals surface area contributed by atoms with E-state index in [9.17, 15) is 27.2 Å². The molecule has 0 spiro atoms. The Bertz CT molecular complexity index is 1540. The lowest BCUT2D eigenvalue weighted by Crippen LogP contribution is -2.25. The van der Waals surface area contributed by atoms with Gasteiger partial charge >= 0.3 is 0 Å². The smallest absolute Gasteiger partial charge is 0.140 e. The molecule has 37 heavy (non-hydrogen) atoms. The number of rotatable bonds is 7. The van der Waals surface area contributed by atoms with Crippen LogP contribution in [0.2, 0.25) is 0 Å². The monoisotopic (exact) mass is 533 g/mol. The average Bonchev–Trinajstić information content (AvgIpc) is 2.87. The van der Waals surface area contributed by atoms with E-state index >= 15 is 0 Å². The molecule has 4 rings (SSSR count). The van der Waals surface area contributed by atoms with E-state index < -0.39 is 28.4 Å². The first-order valence-corrected chi connectivity index (χ1v) is 13.0. The zero-order valence-corrected chi connectivity index (χ0v) is 21.4. The van der Waals surface area contributed by atoms with Crippen LogP contribution in [0.3, 0.4) is 0 Å². The predicted molar refractivity (Wildman–Crippen MR) is 141 cm³/mol. The Hall–Kier alpha value is -3.88. The Kier molecular flexibility index (Phi) is 7.80. The first-order valence-electron chi connectivity index (χ1n) is 11.0. The van der Waals surface area contributed by atoms with E-state index in [1.54, 1.807) is 60.7 Å². The number of nitrogens with zero attached hydrogens (tertiary/aromatic N) is 3. The number of benzene rings is 4. The van der Waals surface area contributed by atoms with Gasteiger partial charge in [-0.05, 0) is 73.5 Å². The number of hydrogen-bond donors (Lipinski definition) is 0. The molecule has 2 unspecified atom stereocenters.